The maximum atomic E-state index is 3.79. The molecule has 0 aliphatic heterocycles. The van der Waals surface area contributed by atoms with E-state index in [9.17, 15) is 0 Å². The lowest BCUT2D eigenvalue weighted by atomic mass is 9.75. The average Bonchev–Trinajstić information content (AvgIpc) is 3.01. The van der Waals surface area contributed by atoms with Crippen LogP contribution in [0.3, 0.4) is 0 Å². The third kappa shape index (κ3) is 2.94. The van der Waals surface area contributed by atoms with E-state index in [1.165, 1.54) is 30.4 Å². The first-order valence-corrected chi connectivity index (χ1v) is 9.12. The van der Waals surface area contributed by atoms with Crippen LogP contribution in [0.2, 0.25) is 0 Å². The molecule has 2 aromatic carbocycles. The summed E-state index contributed by atoms with van der Waals surface area (Å²) in [6, 6.07) is 18.1. The Balaban J connectivity index is 1.92. The fraction of sp³-hybridized carbons (Fsp3) is 0.400. The van der Waals surface area contributed by atoms with Gasteiger partial charge < -0.3 is 0 Å². The first-order valence-electron chi connectivity index (χ1n) is 7.99. The summed E-state index contributed by atoms with van der Waals surface area (Å²) in [5, 5.41) is 1.01. The zero-order chi connectivity index (χ0) is 14.7. The molecule has 1 aliphatic carbocycles. The summed E-state index contributed by atoms with van der Waals surface area (Å²) in [5.41, 5.74) is 6.29. The monoisotopic (exact) mass is 342 g/mol. The molecule has 0 saturated heterocycles. The summed E-state index contributed by atoms with van der Waals surface area (Å²) in [7, 11) is 0. The molecular weight excluding hydrogens is 320 g/mol. The van der Waals surface area contributed by atoms with Gasteiger partial charge in [-0.2, -0.15) is 0 Å². The standard InChI is InChI=1S/C20H23Br/c1-2-20(15-21,19-9-4-3-5-10-19)14-16-11-12-17-7-6-8-18(17)13-16/h3-5,9-13H,2,6-8,14-15H2,1H3. The van der Waals surface area contributed by atoms with E-state index in [1.54, 1.807) is 11.1 Å². The van der Waals surface area contributed by atoms with Crippen LogP contribution in [0.1, 0.15) is 42.0 Å². The fourth-order valence-electron chi connectivity index (χ4n) is 3.57. The molecule has 1 atom stereocenters. The second-order valence-corrected chi connectivity index (χ2v) is 6.83. The van der Waals surface area contributed by atoms with Gasteiger partial charge in [-0.05, 0) is 54.4 Å². The van der Waals surface area contributed by atoms with Crippen molar-refractivity contribution in [2.24, 2.45) is 0 Å². The molecule has 1 aliphatic rings. The largest absolute Gasteiger partial charge is 0.0918 e. The van der Waals surface area contributed by atoms with Crippen LogP contribution in [-0.2, 0) is 24.7 Å². The molecular formula is C20H23Br. The van der Waals surface area contributed by atoms with E-state index in [4.69, 9.17) is 0 Å². The van der Waals surface area contributed by atoms with Gasteiger partial charge >= 0.3 is 0 Å². The zero-order valence-corrected chi connectivity index (χ0v) is 14.3. The second-order valence-electron chi connectivity index (χ2n) is 6.27. The van der Waals surface area contributed by atoms with Crippen molar-refractivity contribution in [2.45, 2.75) is 44.4 Å². The number of alkyl halides is 1. The average molecular weight is 343 g/mol. The van der Waals surface area contributed by atoms with E-state index < -0.39 is 0 Å². The van der Waals surface area contributed by atoms with Gasteiger partial charge in [0.15, 0.2) is 0 Å². The van der Waals surface area contributed by atoms with Crippen molar-refractivity contribution in [2.75, 3.05) is 5.33 Å². The molecule has 0 bridgehead atoms. The van der Waals surface area contributed by atoms with Gasteiger partial charge in [-0.3, -0.25) is 0 Å². The van der Waals surface area contributed by atoms with Gasteiger partial charge in [-0.1, -0.05) is 71.4 Å². The van der Waals surface area contributed by atoms with Crippen LogP contribution in [0.4, 0.5) is 0 Å². The minimum absolute atomic E-state index is 0.202. The van der Waals surface area contributed by atoms with Crippen LogP contribution < -0.4 is 0 Å². The molecule has 0 fully saturated rings. The highest BCUT2D eigenvalue weighted by Gasteiger charge is 2.29. The summed E-state index contributed by atoms with van der Waals surface area (Å²) in [6.07, 6.45) is 6.13. The Labute approximate surface area is 136 Å². The molecule has 0 aromatic heterocycles. The molecule has 0 heterocycles. The summed E-state index contributed by atoms with van der Waals surface area (Å²) >= 11 is 3.79. The summed E-state index contributed by atoms with van der Waals surface area (Å²) < 4.78 is 0. The number of hydrogen-bond acceptors (Lipinski definition) is 0. The summed E-state index contributed by atoms with van der Waals surface area (Å²) in [4.78, 5) is 0. The van der Waals surface area contributed by atoms with Crippen LogP contribution in [0, 0.1) is 0 Å². The minimum Gasteiger partial charge on any atom is -0.0918 e. The first kappa shape index (κ1) is 14.8. The van der Waals surface area contributed by atoms with Crippen molar-refractivity contribution < 1.29 is 0 Å². The second kappa shape index (κ2) is 6.36. The quantitative estimate of drug-likeness (QED) is 0.632. The van der Waals surface area contributed by atoms with Gasteiger partial charge in [0, 0.05) is 10.7 Å². The van der Waals surface area contributed by atoms with Crippen LogP contribution in [-0.4, -0.2) is 5.33 Å². The van der Waals surface area contributed by atoms with Crippen LogP contribution in [0.25, 0.3) is 0 Å². The lowest BCUT2D eigenvalue weighted by Gasteiger charge is -2.32. The van der Waals surface area contributed by atoms with Crippen LogP contribution in [0.15, 0.2) is 48.5 Å². The molecule has 0 nitrogen and oxygen atoms in total. The zero-order valence-electron chi connectivity index (χ0n) is 12.7. The van der Waals surface area contributed by atoms with Gasteiger partial charge in [0.05, 0.1) is 0 Å². The highest BCUT2D eigenvalue weighted by Crippen LogP contribution is 2.35. The Hall–Kier alpha value is -1.08. The molecule has 2 aromatic rings. The molecule has 1 unspecified atom stereocenters. The summed E-state index contributed by atoms with van der Waals surface area (Å²) in [6.45, 7) is 2.31. The topological polar surface area (TPSA) is 0 Å². The highest BCUT2D eigenvalue weighted by molar-refractivity contribution is 9.09. The van der Waals surface area contributed by atoms with Gasteiger partial charge in [-0.25, -0.2) is 0 Å². The molecule has 0 saturated carbocycles. The molecule has 0 amide bonds. The molecule has 0 spiro atoms. The van der Waals surface area contributed by atoms with Gasteiger partial charge in [-0.15, -0.1) is 0 Å². The minimum atomic E-state index is 0.202. The predicted molar refractivity (Wildman–Crippen MR) is 94.4 cm³/mol. The molecule has 1 heteroatoms. The van der Waals surface area contributed by atoms with Crippen molar-refractivity contribution >= 4 is 15.9 Å². The van der Waals surface area contributed by atoms with E-state index in [0.717, 1.165) is 18.2 Å². The van der Waals surface area contributed by atoms with Gasteiger partial charge in [0.25, 0.3) is 0 Å². The van der Waals surface area contributed by atoms with Crippen molar-refractivity contribution in [3.05, 3.63) is 70.8 Å². The van der Waals surface area contributed by atoms with Crippen LogP contribution in [0.5, 0.6) is 0 Å². The summed E-state index contributed by atoms with van der Waals surface area (Å²) in [5.74, 6) is 0. The molecule has 110 valence electrons. The number of rotatable bonds is 5. The molecule has 3 rings (SSSR count). The van der Waals surface area contributed by atoms with Crippen molar-refractivity contribution in [1.29, 1.82) is 0 Å². The Kier molecular flexibility index (Phi) is 4.49. The Morgan fingerprint density at radius 2 is 1.76 bits per heavy atom. The third-order valence-electron chi connectivity index (χ3n) is 5.02. The van der Waals surface area contributed by atoms with E-state index >= 15 is 0 Å². The number of hydrogen-bond donors (Lipinski definition) is 0. The van der Waals surface area contributed by atoms with E-state index in [-0.39, 0.29) is 5.41 Å². The van der Waals surface area contributed by atoms with E-state index in [0.29, 0.717) is 0 Å². The maximum absolute atomic E-state index is 3.79. The maximum Gasteiger partial charge on any atom is 0.0132 e. The number of benzene rings is 2. The number of aryl methyl sites for hydroxylation is 2. The van der Waals surface area contributed by atoms with Gasteiger partial charge in [0.2, 0.25) is 0 Å². The van der Waals surface area contributed by atoms with Crippen LogP contribution >= 0.6 is 15.9 Å². The predicted octanol–water partition coefficient (Wildman–Crippen LogP) is 5.46. The van der Waals surface area contributed by atoms with E-state index in [2.05, 4.69) is 71.4 Å². The van der Waals surface area contributed by atoms with Crippen molar-refractivity contribution in [3.63, 3.8) is 0 Å². The SMILES string of the molecule is CCC(CBr)(Cc1ccc2c(c1)CCC2)c1ccccc1. The molecule has 0 N–H and O–H groups in total. The first-order chi connectivity index (χ1) is 10.3. The van der Waals surface area contributed by atoms with Gasteiger partial charge in [0.1, 0.15) is 0 Å². The lowest BCUT2D eigenvalue weighted by molar-refractivity contribution is 0.464. The van der Waals surface area contributed by atoms with Crippen molar-refractivity contribution in [3.8, 4) is 0 Å². The fourth-order valence-corrected chi connectivity index (χ4v) is 4.49. The number of fused-ring (bicyclic) bond motifs is 1. The Morgan fingerprint density at radius 1 is 1.00 bits per heavy atom. The highest BCUT2D eigenvalue weighted by atomic mass is 79.9. The third-order valence-corrected chi connectivity index (χ3v) is 6.10. The number of halogens is 1. The lowest BCUT2D eigenvalue weighted by Crippen LogP contribution is -2.30. The van der Waals surface area contributed by atoms with E-state index in [1.807, 2.05) is 0 Å². The van der Waals surface area contributed by atoms with Crippen molar-refractivity contribution in [1.82, 2.24) is 0 Å². The molecule has 21 heavy (non-hydrogen) atoms. The normalized spacial score (nSPS) is 16.5. The Morgan fingerprint density at radius 3 is 2.48 bits per heavy atom. The molecule has 0 radical (unpaired) electrons. The Bertz CT molecular complexity index is 596. The smallest absolute Gasteiger partial charge is 0.0132 e.